The predicted octanol–water partition coefficient (Wildman–Crippen LogP) is 2.68. The summed E-state index contributed by atoms with van der Waals surface area (Å²) in [6.45, 7) is 1.69. The molecule has 23 heavy (non-hydrogen) atoms. The van der Waals surface area contributed by atoms with Crippen LogP contribution in [0.4, 0.5) is 4.39 Å². The number of halogens is 1. The van der Waals surface area contributed by atoms with Crippen LogP contribution in [-0.2, 0) is 20.9 Å². The molecule has 1 aromatic carbocycles. The second-order valence-corrected chi connectivity index (χ2v) is 4.76. The van der Waals surface area contributed by atoms with Crippen LogP contribution in [0.3, 0.4) is 0 Å². The van der Waals surface area contributed by atoms with E-state index in [0.717, 1.165) is 0 Å². The highest BCUT2D eigenvalue weighted by Crippen LogP contribution is 2.05. The van der Waals surface area contributed by atoms with Crippen LogP contribution in [-0.4, -0.2) is 18.0 Å². The van der Waals surface area contributed by atoms with E-state index in [2.05, 4.69) is 5.32 Å². The molecule has 2 aromatic rings. The first kappa shape index (κ1) is 16.5. The Morgan fingerprint density at radius 3 is 2.70 bits per heavy atom. The maximum absolute atomic E-state index is 12.8. The van der Waals surface area contributed by atoms with Crippen molar-refractivity contribution in [2.75, 3.05) is 0 Å². The quantitative estimate of drug-likeness (QED) is 0.657. The van der Waals surface area contributed by atoms with Crippen molar-refractivity contribution in [3.05, 3.63) is 65.9 Å². The molecule has 0 saturated carbocycles. The molecular weight excluding hydrogens is 301 g/mol. The number of rotatable bonds is 6. The van der Waals surface area contributed by atoms with Gasteiger partial charge in [0.05, 0.1) is 12.8 Å². The molecule has 5 nitrogen and oxygen atoms in total. The van der Waals surface area contributed by atoms with Crippen molar-refractivity contribution >= 4 is 18.0 Å². The minimum absolute atomic E-state index is 0.221. The molecule has 0 aliphatic carbocycles. The molecule has 2 rings (SSSR count). The molecule has 0 bridgehead atoms. The van der Waals surface area contributed by atoms with Gasteiger partial charge < -0.3 is 14.5 Å². The van der Waals surface area contributed by atoms with E-state index in [0.29, 0.717) is 11.3 Å². The van der Waals surface area contributed by atoms with Crippen LogP contribution < -0.4 is 5.32 Å². The molecule has 0 saturated heterocycles. The number of hydrogen-bond donors (Lipinski definition) is 1. The summed E-state index contributed by atoms with van der Waals surface area (Å²) in [7, 11) is 0. The lowest BCUT2D eigenvalue weighted by Gasteiger charge is -2.11. The Labute approximate surface area is 132 Å². The van der Waals surface area contributed by atoms with Gasteiger partial charge in [0, 0.05) is 6.08 Å². The fraction of sp³-hybridized carbons (Fsp3) is 0.176. The van der Waals surface area contributed by atoms with Gasteiger partial charge in [0.1, 0.15) is 11.6 Å². The smallest absolute Gasteiger partial charge is 0.331 e. The number of nitrogens with one attached hydrogen (secondary N) is 1. The van der Waals surface area contributed by atoms with Crippen molar-refractivity contribution in [2.45, 2.75) is 19.6 Å². The third-order valence-corrected chi connectivity index (χ3v) is 2.96. The summed E-state index contributed by atoms with van der Waals surface area (Å²) in [5.41, 5.74) is 0.651. The van der Waals surface area contributed by atoms with Gasteiger partial charge in [-0.25, -0.2) is 9.18 Å². The largest absolute Gasteiger partial charge is 0.467 e. The van der Waals surface area contributed by atoms with Crippen molar-refractivity contribution in [2.24, 2.45) is 0 Å². The molecule has 0 aliphatic heterocycles. The number of esters is 1. The van der Waals surface area contributed by atoms with Gasteiger partial charge in [-0.05, 0) is 42.8 Å². The van der Waals surface area contributed by atoms with E-state index in [1.165, 1.54) is 49.6 Å². The minimum atomic E-state index is -0.935. The summed E-state index contributed by atoms with van der Waals surface area (Å²) >= 11 is 0. The van der Waals surface area contributed by atoms with Crippen LogP contribution in [0.2, 0.25) is 0 Å². The third-order valence-electron chi connectivity index (χ3n) is 2.96. The Morgan fingerprint density at radius 1 is 1.30 bits per heavy atom. The first-order valence-corrected chi connectivity index (χ1v) is 6.99. The molecule has 1 heterocycles. The fourth-order valence-corrected chi connectivity index (χ4v) is 1.74. The van der Waals surface area contributed by atoms with Crippen LogP contribution in [0, 0.1) is 5.82 Å². The number of amides is 1. The van der Waals surface area contributed by atoms with E-state index < -0.39 is 18.0 Å². The average molecular weight is 317 g/mol. The van der Waals surface area contributed by atoms with Crippen LogP contribution in [0.15, 0.2) is 53.2 Å². The van der Waals surface area contributed by atoms with E-state index in [1.807, 2.05) is 0 Å². The molecule has 0 radical (unpaired) electrons. The molecule has 0 fully saturated rings. The van der Waals surface area contributed by atoms with Gasteiger partial charge in [-0.1, -0.05) is 12.1 Å². The first-order chi connectivity index (χ1) is 11.0. The van der Waals surface area contributed by atoms with Gasteiger partial charge in [0.2, 0.25) is 0 Å². The summed E-state index contributed by atoms with van der Waals surface area (Å²) in [6, 6.07) is 9.07. The fourth-order valence-electron chi connectivity index (χ4n) is 1.74. The molecule has 1 aromatic heterocycles. The standard InChI is InChI=1S/C17H16FNO4/c1-12(17(21)19-11-15-3-2-10-22-15)23-16(20)9-6-13-4-7-14(18)8-5-13/h2-10,12H,11H2,1H3,(H,19,21)/b9-6+/t12-/m0/s1. The number of ether oxygens (including phenoxy) is 1. The topological polar surface area (TPSA) is 68.5 Å². The highest BCUT2D eigenvalue weighted by atomic mass is 19.1. The molecule has 0 spiro atoms. The van der Waals surface area contributed by atoms with E-state index in [4.69, 9.17) is 9.15 Å². The van der Waals surface area contributed by atoms with Crippen LogP contribution in [0.25, 0.3) is 6.08 Å². The highest BCUT2D eigenvalue weighted by molar-refractivity contribution is 5.90. The normalized spacial score (nSPS) is 12.1. The zero-order valence-electron chi connectivity index (χ0n) is 12.5. The number of benzene rings is 1. The lowest BCUT2D eigenvalue weighted by molar-refractivity contribution is -0.150. The van der Waals surface area contributed by atoms with Crippen LogP contribution >= 0.6 is 0 Å². The number of carbonyl (C=O) groups is 2. The summed E-state index contributed by atoms with van der Waals surface area (Å²) in [6.07, 6.45) is 3.24. The van der Waals surface area contributed by atoms with Gasteiger partial charge in [0.25, 0.3) is 5.91 Å². The highest BCUT2D eigenvalue weighted by Gasteiger charge is 2.16. The minimum Gasteiger partial charge on any atom is -0.467 e. The molecule has 1 amide bonds. The van der Waals surface area contributed by atoms with E-state index in [9.17, 15) is 14.0 Å². The molecule has 0 aliphatic rings. The number of carbonyl (C=O) groups excluding carboxylic acids is 2. The Morgan fingerprint density at radius 2 is 2.04 bits per heavy atom. The maximum Gasteiger partial charge on any atom is 0.331 e. The van der Waals surface area contributed by atoms with E-state index >= 15 is 0 Å². The van der Waals surface area contributed by atoms with E-state index in [1.54, 1.807) is 12.1 Å². The van der Waals surface area contributed by atoms with Crippen LogP contribution in [0.5, 0.6) is 0 Å². The summed E-state index contributed by atoms with van der Waals surface area (Å²) in [5, 5.41) is 2.59. The Hall–Kier alpha value is -2.89. The molecule has 120 valence electrons. The molecular formula is C17H16FNO4. The monoisotopic (exact) mass is 317 g/mol. The van der Waals surface area contributed by atoms with Gasteiger partial charge in [-0.3, -0.25) is 4.79 Å². The van der Waals surface area contributed by atoms with Crippen molar-refractivity contribution < 1.29 is 23.1 Å². The number of furan rings is 1. The molecule has 0 unspecified atom stereocenters. The summed E-state index contributed by atoms with van der Waals surface area (Å²) < 4.78 is 22.8. The molecule has 1 N–H and O–H groups in total. The Balaban J connectivity index is 1.79. The van der Waals surface area contributed by atoms with Gasteiger partial charge in [0.15, 0.2) is 6.10 Å². The van der Waals surface area contributed by atoms with Crippen LogP contribution in [0.1, 0.15) is 18.2 Å². The lowest BCUT2D eigenvalue weighted by Crippen LogP contribution is -2.35. The van der Waals surface area contributed by atoms with Crippen molar-refractivity contribution in [3.63, 3.8) is 0 Å². The lowest BCUT2D eigenvalue weighted by atomic mass is 10.2. The molecule has 6 heteroatoms. The molecule has 1 atom stereocenters. The maximum atomic E-state index is 12.8. The second kappa shape index (κ2) is 7.93. The van der Waals surface area contributed by atoms with Crippen molar-refractivity contribution in [1.29, 1.82) is 0 Å². The SMILES string of the molecule is C[C@H](OC(=O)/C=C/c1ccc(F)cc1)C(=O)NCc1ccco1. The first-order valence-electron chi connectivity index (χ1n) is 6.99. The van der Waals surface area contributed by atoms with Gasteiger partial charge in [-0.2, -0.15) is 0 Å². The zero-order valence-corrected chi connectivity index (χ0v) is 12.5. The second-order valence-electron chi connectivity index (χ2n) is 4.76. The number of hydrogen-bond acceptors (Lipinski definition) is 4. The Bertz CT molecular complexity index is 677. The zero-order chi connectivity index (χ0) is 16.7. The van der Waals surface area contributed by atoms with E-state index in [-0.39, 0.29) is 12.4 Å². The Kier molecular flexibility index (Phi) is 5.68. The predicted molar refractivity (Wildman–Crippen MR) is 81.5 cm³/mol. The van der Waals surface area contributed by atoms with Crippen molar-refractivity contribution in [1.82, 2.24) is 5.32 Å². The van der Waals surface area contributed by atoms with Gasteiger partial charge >= 0.3 is 5.97 Å². The van der Waals surface area contributed by atoms with Gasteiger partial charge in [-0.15, -0.1) is 0 Å². The average Bonchev–Trinajstić information content (AvgIpc) is 3.05. The summed E-state index contributed by atoms with van der Waals surface area (Å²) in [4.78, 5) is 23.4. The summed E-state index contributed by atoms with van der Waals surface area (Å²) in [5.74, 6) is -0.834. The third kappa shape index (κ3) is 5.43. The van der Waals surface area contributed by atoms with Crippen molar-refractivity contribution in [3.8, 4) is 0 Å².